The predicted molar refractivity (Wildman–Crippen MR) is 76.7 cm³/mol. The summed E-state index contributed by atoms with van der Waals surface area (Å²) in [5.74, 6) is 2.22. The number of halogens is 1. The first-order valence-corrected chi connectivity index (χ1v) is 7.56. The van der Waals surface area contributed by atoms with Crippen molar-refractivity contribution in [2.24, 2.45) is 0 Å². The first-order valence-electron chi connectivity index (χ1n) is 6.40. The monoisotopic (exact) mass is 268 g/mol. The van der Waals surface area contributed by atoms with E-state index in [9.17, 15) is 4.39 Å². The number of nitrogens with zero attached hydrogens (tertiary/aromatic N) is 1. The highest BCUT2D eigenvalue weighted by atomic mass is 32.2. The van der Waals surface area contributed by atoms with E-state index in [0.29, 0.717) is 12.1 Å². The highest BCUT2D eigenvalue weighted by molar-refractivity contribution is 7.99. The largest absolute Gasteiger partial charge is 0.315 e. The lowest BCUT2D eigenvalue weighted by Gasteiger charge is -2.37. The van der Waals surface area contributed by atoms with Crippen LogP contribution in [0.15, 0.2) is 24.3 Å². The minimum Gasteiger partial charge on any atom is -0.315 e. The number of likely N-dealkylation sites (N-methyl/N-ethyl adjacent to an activating group) is 2. The molecular weight excluding hydrogens is 247 g/mol. The van der Waals surface area contributed by atoms with Crippen LogP contribution in [0, 0.1) is 5.82 Å². The number of nitrogens with one attached hydrogen (secondary N) is 1. The van der Waals surface area contributed by atoms with Crippen molar-refractivity contribution < 1.29 is 4.39 Å². The summed E-state index contributed by atoms with van der Waals surface area (Å²) in [6.45, 7) is 1.14. The molecule has 1 fully saturated rings. The summed E-state index contributed by atoms with van der Waals surface area (Å²) in [4.78, 5) is 2.41. The molecular formula is C14H21FN2S. The van der Waals surface area contributed by atoms with Crippen LogP contribution in [0.25, 0.3) is 0 Å². The molecule has 0 bridgehead atoms. The molecule has 2 rings (SSSR count). The van der Waals surface area contributed by atoms with E-state index in [2.05, 4.69) is 17.3 Å². The normalized spacial score (nSPS) is 22.9. The summed E-state index contributed by atoms with van der Waals surface area (Å²) in [7, 11) is 4.18. The molecule has 0 amide bonds. The lowest BCUT2D eigenvalue weighted by Crippen LogP contribution is -2.52. The Bertz CT molecular complexity index is 386. The van der Waals surface area contributed by atoms with Crippen molar-refractivity contribution in [3.63, 3.8) is 0 Å². The van der Waals surface area contributed by atoms with E-state index in [1.807, 2.05) is 24.9 Å². The Labute approximate surface area is 113 Å². The maximum atomic E-state index is 13.2. The third-order valence-corrected chi connectivity index (χ3v) is 4.67. The predicted octanol–water partition coefficient (Wildman–Crippen LogP) is 2.00. The van der Waals surface area contributed by atoms with Crippen LogP contribution in [0.3, 0.4) is 0 Å². The molecule has 2 nitrogen and oxygen atoms in total. The maximum Gasteiger partial charge on any atom is 0.123 e. The third-order valence-electron chi connectivity index (χ3n) is 3.62. The van der Waals surface area contributed by atoms with Crippen molar-refractivity contribution in [3.8, 4) is 0 Å². The molecule has 1 aliphatic heterocycles. The van der Waals surface area contributed by atoms with Gasteiger partial charge in [0.1, 0.15) is 5.82 Å². The minimum atomic E-state index is -0.145. The molecule has 2 atom stereocenters. The molecule has 18 heavy (non-hydrogen) atoms. The van der Waals surface area contributed by atoms with E-state index in [1.54, 1.807) is 12.1 Å². The van der Waals surface area contributed by atoms with Gasteiger partial charge in [-0.3, -0.25) is 0 Å². The van der Waals surface area contributed by atoms with Gasteiger partial charge in [0, 0.05) is 30.1 Å². The quantitative estimate of drug-likeness (QED) is 0.899. The van der Waals surface area contributed by atoms with Gasteiger partial charge >= 0.3 is 0 Å². The zero-order valence-corrected chi connectivity index (χ0v) is 11.8. The second kappa shape index (κ2) is 6.55. The van der Waals surface area contributed by atoms with Gasteiger partial charge in [-0.05, 0) is 38.2 Å². The van der Waals surface area contributed by atoms with Gasteiger partial charge in [0.05, 0.1) is 0 Å². The van der Waals surface area contributed by atoms with Gasteiger partial charge in [-0.25, -0.2) is 4.39 Å². The van der Waals surface area contributed by atoms with Crippen LogP contribution in [0.2, 0.25) is 0 Å². The number of thioether (sulfide) groups is 1. The summed E-state index contributed by atoms with van der Waals surface area (Å²) in [5, 5.41) is 3.39. The second-order valence-electron chi connectivity index (χ2n) is 4.85. The number of hydrogen-bond acceptors (Lipinski definition) is 3. The molecule has 0 spiro atoms. The van der Waals surface area contributed by atoms with Crippen LogP contribution < -0.4 is 5.32 Å². The fourth-order valence-electron chi connectivity index (χ4n) is 2.48. The van der Waals surface area contributed by atoms with E-state index in [4.69, 9.17) is 0 Å². The molecule has 1 aromatic rings. The first kappa shape index (κ1) is 13.8. The fourth-order valence-corrected chi connectivity index (χ4v) is 3.79. The van der Waals surface area contributed by atoms with E-state index in [1.165, 1.54) is 11.8 Å². The lowest BCUT2D eigenvalue weighted by molar-refractivity contribution is 0.219. The summed E-state index contributed by atoms with van der Waals surface area (Å²) in [6, 6.07) is 7.84. The maximum absolute atomic E-state index is 13.2. The molecule has 1 aromatic carbocycles. The van der Waals surface area contributed by atoms with E-state index >= 15 is 0 Å². The molecule has 1 aliphatic rings. The van der Waals surface area contributed by atoms with Crippen LogP contribution in [0.4, 0.5) is 4.39 Å². The smallest absolute Gasteiger partial charge is 0.123 e. The number of rotatable bonds is 4. The van der Waals surface area contributed by atoms with Crippen LogP contribution >= 0.6 is 11.8 Å². The Morgan fingerprint density at radius 2 is 2.39 bits per heavy atom. The molecule has 1 N–H and O–H groups in total. The molecule has 100 valence electrons. The van der Waals surface area contributed by atoms with Crippen molar-refractivity contribution in [3.05, 3.63) is 35.6 Å². The van der Waals surface area contributed by atoms with Crippen molar-refractivity contribution in [2.75, 3.05) is 32.1 Å². The summed E-state index contributed by atoms with van der Waals surface area (Å²) >= 11 is 2.01. The zero-order chi connectivity index (χ0) is 13.0. The second-order valence-corrected chi connectivity index (χ2v) is 6.00. The average molecular weight is 268 g/mol. The first-order chi connectivity index (χ1) is 8.70. The summed E-state index contributed by atoms with van der Waals surface area (Å²) in [5.41, 5.74) is 1.07. The highest BCUT2D eigenvalue weighted by Gasteiger charge is 2.26. The number of hydrogen-bond donors (Lipinski definition) is 1. The SMILES string of the molecule is CNC(Cc1cccc(F)c1)C1CSCCN1C. The summed E-state index contributed by atoms with van der Waals surface area (Å²) in [6.07, 6.45) is 0.879. The molecule has 0 aliphatic carbocycles. The Kier molecular flexibility index (Phi) is 5.03. The third kappa shape index (κ3) is 3.46. The van der Waals surface area contributed by atoms with Crippen molar-refractivity contribution in [1.29, 1.82) is 0 Å². The standard InChI is InChI=1S/C14H21FN2S/c1-16-13(14-10-18-7-6-17(14)2)9-11-4-3-5-12(15)8-11/h3-5,8,13-14,16H,6-7,9-10H2,1-2H3. The van der Waals surface area contributed by atoms with Crippen molar-refractivity contribution in [1.82, 2.24) is 10.2 Å². The molecule has 0 aromatic heterocycles. The zero-order valence-electron chi connectivity index (χ0n) is 11.0. The van der Waals surface area contributed by atoms with Crippen molar-refractivity contribution in [2.45, 2.75) is 18.5 Å². The average Bonchev–Trinajstić information content (AvgIpc) is 2.37. The molecule has 1 heterocycles. The fraction of sp³-hybridized carbons (Fsp3) is 0.571. The lowest BCUT2D eigenvalue weighted by atomic mass is 9.99. The molecule has 0 radical (unpaired) electrons. The van der Waals surface area contributed by atoms with E-state index in [0.717, 1.165) is 24.3 Å². The Morgan fingerprint density at radius 1 is 1.56 bits per heavy atom. The van der Waals surface area contributed by atoms with Crippen LogP contribution in [-0.4, -0.2) is 49.1 Å². The van der Waals surface area contributed by atoms with Crippen LogP contribution in [-0.2, 0) is 6.42 Å². The van der Waals surface area contributed by atoms with Crippen molar-refractivity contribution >= 4 is 11.8 Å². The van der Waals surface area contributed by atoms with Gasteiger partial charge in [-0.15, -0.1) is 0 Å². The van der Waals surface area contributed by atoms with Gasteiger partial charge < -0.3 is 10.2 Å². The molecule has 4 heteroatoms. The Hall–Kier alpha value is -0.580. The molecule has 1 saturated heterocycles. The van der Waals surface area contributed by atoms with E-state index in [-0.39, 0.29) is 5.82 Å². The highest BCUT2D eigenvalue weighted by Crippen LogP contribution is 2.19. The Balaban J connectivity index is 2.04. The molecule has 0 saturated carbocycles. The summed E-state index contributed by atoms with van der Waals surface area (Å²) < 4.78 is 13.2. The van der Waals surface area contributed by atoms with Gasteiger partial charge in [0.15, 0.2) is 0 Å². The van der Waals surface area contributed by atoms with Crippen LogP contribution in [0.5, 0.6) is 0 Å². The minimum absolute atomic E-state index is 0.145. The van der Waals surface area contributed by atoms with Gasteiger partial charge in [-0.2, -0.15) is 11.8 Å². The van der Waals surface area contributed by atoms with Gasteiger partial charge in [0.25, 0.3) is 0 Å². The van der Waals surface area contributed by atoms with Gasteiger partial charge in [-0.1, -0.05) is 12.1 Å². The van der Waals surface area contributed by atoms with E-state index < -0.39 is 0 Å². The molecule has 2 unspecified atom stereocenters. The number of benzene rings is 1. The van der Waals surface area contributed by atoms with Gasteiger partial charge in [0.2, 0.25) is 0 Å². The topological polar surface area (TPSA) is 15.3 Å². The van der Waals surface area contributed by atoms with Crippen LogP contribution in [0.1, 0.15) is 5.56 Å². The Morgan fingerprint density at radius 3 is 3.06 bits per heavy atom.